The van der Waals surface area contributed by atoms with Gasteiger partial charge in [0.15, 0.2) is 15.6 Å². The molecular weight excluding hydrogens is 260 g/mol. The van der Waals surface area contributed by atoms with Gasteiger partial charge in [-0.2, -0.15) is 0 Å². The monoisotopic (exact) mass is 278 g/mol. The summed E-state index contributed by atoms with van der Waals surface area (Å²) < 4.78 is 22.7. The zero-order chi connectivity index (χ0) is 13.9. The second kappa shape index (κ2) is 5.70. The van der Waals surface area contributed by atoms with E-state index in [2.05, 4.69) is 0 Å². The molecule has 0 spiro atoms. The number of rotatable bonds is 3. The van der Waals surface area contributed by atoms with Gasteiger partial charge >= 0.3 is 0 Å². The van der Waals surface area contributed by atoms with Gasteiger partial charge in [0.1, 0.15) is 0 Å². The van der Waals surface area contributed by atoms with Crippen molar-refractivity contribution in [1.82, 2.24) is 0 Å². The van der Waals surface area contributed by atoms with Gasteiger partial charge in [-0.3, -0.25) is 4.79 Å². The maximum Gasteiger partial charge on any atom is 0.188 e. The largest absolute Gasteiger partial charge is 0.289 e. The number of Topliss-reactive ketones (excluding diaryl/α,β-unsaturated/α-hetero) is 1. The Morgan fingerprint density at radius 1 is 1.05 bits per heavy atom. The highest BCUT2D eigenvalue weighted by Gasteiger charge is 2.14. The minimum absolute atomic E-state index is 0.0296. The molecule has 0 aliphatic heterocycles. The van der Waals surface area contributed by atoms with E-state index in [1.165, 1.54) is 18.6 Å². The van der Waals surface area contributed by atoms with E-state index in [-0.39, 0.29) is 10.7 Å². The molecule has 19 heavy (non-hydrogen) atoms. The molecule has 4 heteroatoms. The first-order valence-electron chi connectivity index (χ1n) is 6.52. The van der Waals surface area contributed by atoms with Gasteiger partial charge in [0.05, 0.1) is 4.90 Å². The van der Waals surface area contributed by atoms with E-state index in [1.54, 1.807) is 12.1 Å². The molecule has 1 aromatic carbocycles. The van der Waals surface area contributed by atoms with Gasteiger partial charge in [-0.1, -0.05) is 12.5 Å². The summed E-state index contributed by atoms with van der Waals surface area (Å²) in [6.07, 6.45) is 8.34. The summed E-state index contributed by atoms with van der Waals surface area (Å²) in [4.78, 5) is 12.5. The van der Waals surface area contributed by atoms with E-state index in [0.29, 0.717) is 5.56 Å². The molecule has 0 aromatic heterocycles. The fraction of sp³-hybridized carbons (Fsp3) is 0.400. The number of hydrogen-bond donors (Lipinski definition) is 0. The highest BCUT2D eigenvalue weighted by molar-refractivity contribution is 7.90. The lowest BCUT2D eigenvalue weighted by Crippen LogP contribution is -2.04. The van der Waals surface area contributed by atoms with Crippen LogP contribution in [0.5, 0.6) is 0 Å². The predicted octanol–water partition coefficient (Wildman–Crippen LogP) is 3.16. The van der Waals surface area contributed by atoms with E-state index in [1.807, 2.05) is 6.08 Å². The normalized spacial score (nSPS) is 16.6. The van der Waals surface area contributed by atoms with E-state index < -0.39 is 9.84 Å². The minimum atomic E-state index is -3.20. The topological polar surface area (TPSA) is 51.2 Å². The molecule has 0 saturated heterocycles. The molecule has 3 nitrogen and oxygen atoms in total. The van der Waals surface area contributed by atoms with Crippen LogP contribution in [0.4, 0.5) is 0 Å². The van der Waals surface area contributed by atoms with E-state index >= 15 is 0 Å². The lowest BCUT2D eigenvalue weighted by atomic mass is 10.00. The smallest absolute Gasteiger partial charge is 0.188 e. The van der Waals surface area contributed by atoms with E-state index in [0.717, 1.165) is 37.5 Å². The van der Waals surface area contributed by atoms with Crippen molar-refractivity contribution in [1.29, 1.82) is 0 Å². The highest BCUT2D eigenvalue weighted by Crippen LogP contribution is 2.21. The Kier molecular flexibility index (Phi) is 4.20. The summed E-state index contributed by atoms with van der Waals surface area (Å²) in [5.74, 6) is 0.0296. The van der Waals surface area contributed by atoms with Crippen LogP contribution in [-0.2, 0) is 9.84 Å². The molecule has 0 amide bonds. The van der Waals surface area contributed by atoms with E-state index in [4.69, 9.17) is 0 Å². The molecule has 1 aliphatic rings. The molecule has 1 aromatic rings. The number of carbonyl (C=O) groups is 1. The fourth-order valence-corrected chi connectivity index (χ4v) is 2.89. The highest BCUT2D eigenvalue weighted by atomic mass is 32.2. The van der Waals surface area contributed by atoms with Gasteiger partial charge < -0.3 is 0 Å². The van der Waals surface area contributed by atoms with Crippen molar-refractivity contribution in [2.45, 2.75) is 37.0 Å². The SMILES string of the molecule is CS(=O)(=O)c1ccc(C(=O)C2=CCCCCC2)cc1. The Labute approximate surface area is 114 Å². The molecular formula is C15H18O3S. The standard InChI is InChI=1S/C15H18O3S/c1-19(17,18)14-10-8-13(9-11-14)15(16)12-6-4-2-3-5-7-12/h6,8-11H,2-5,7H2,1H3. The third-order valence-electron chi connectivity index (χ3n) is 3.38. The van der Waals surface area contributed by atoms with Crippen LogP contribution in [0.3, 0.4) is 0 Å². The Morgan fingerprint density at radius 3 is 2.37 bits per heavy atom. The number of allylic oxidation sites excluding steroid dienone is 2. The van der Waals surface area contributed by atoms with Gasteiger partial charge in [-0.15, -0.1) is 0 Å². The van der Waals surface area contributed by atoms with Crippen molar-refractivity contribution in [3.05, 3.63) is 41.5 Å². The minimum Gasteiger partial charge on any atom is -0.289 e. The molecule has 1 aliphatic carbocycles. The summed E-state index contributed by atoms with van der Waals surface area (Å²) in [6.45, 7) is 0. The van der Waals surface area contributed by atoms with Crippen molar-refractivity contribution < 1.29 is 13.2 Å². The molecule has 0 bridgehead atoms. The average molecular weight is 278 g/mol. The van der Waals surface area contributed by atoms with Crippen LogP contribution < -0.4 is 0 Å². The Bertz CT molecular complexity index is 595. The summed E-state index contributed by atoms with van der Waals surface area (Å²) >= 11 is 0. The van der Waals surface area contributed by atoms with Gasteiger partial charge in [-0.25, -0.2) is 8.42 Å². The Hall–Kier alpha value is -1.42. The quantitative estimate of drug-likeness (QED) is 0.798. The zero-order valence-corrected chi connectivity index (χ0v) is 11.9. The summed E-state index contributed by atoms with van der Waals surface area (Å²) in [5, 5.41) is 0. The zero-order valence-electron chi connectivity index (χ0n) is 11.1. The van der Waals surface area contributed by atoms with Crippen molar-refractivity contribution in [3.8, 4) is 0 Å². The molecule has 2 rings (SSSR count). The average Bonchev–Trinajstić information content (AvgIpc) is 2.66. The van der Waals surface area contributed by atoms with Gasteiger partial charge in [0.25, 0.3) is 0 Å². The van der Waals surface area contributed by atoms with Crippen LogP contribution in [0.2, 0.25) is 0 Å². The van der Waals surface area contributed by atoms with Crippen LogP contribution in [-0.4, -0.2) is 20.5 Å². The lowest BCUT2D eigenvalue weighted by molar-refractivity contribution is 0.103. The van der Waals surface area contributed by atoms with Crippen LogP contribution in [0.1, 0.15) is 42.5 Å². The molecule has 0 fully saturated rings. The first-order valence-corrected chi connectivity index (χ1v) is 8.41. The van der Waals surface area contributed by atoms with Gasteiger partial charge in [0, 0.05) is 11.8 Å². The van der Waals surface area contributed by atoms with Crippen LogP contribution in [0.15, 0.2) is 40.8 Å². The first kappa shape index (κ1) is 14.0. The third kappa shape index (κ3) is 3.53. The van der Waals surface area contributed by atoms with Crippen LogP contribution >= 0.6 is 0 Å². The Morgan fingerprint density at radius 2 is 1.74 bits per heavy atom. The number of benzene rings is 1. The predicted molar refractivity (Wildman–Crippen MR) is 75.1 cm³/mol. The lowest BCUT2D eigenvalue weighted by Gasteiger charge is -2.05. The van der Waals surface area contributed by atoms with Gasteiger partial charge in [0.2, 0.25) is 0 Å². The van der Waals surface area contributed by atoms with Crippen molar-refractivity contribution in [3.63, 3.8) is 0 Å². The van der Waals surface area contributed by atoms with Crippen molar-refractivity contribution in [2.24, 2.45) is 0 Å². The van der Waals surface area contributed by atoms with Crippen LogP contribution in [0, 0.1) is 0 Å². The maximum absolute atomic E-state index is 12.3. The molecule has 0 atom stereocenters. The molecule has 0 radical (unpaired) electrons. The molecule has 0 N–H and O–H groups in total. The number of carbonyl (C=O) groups excluding carboxylic acids is 1. The third-order valence-corrected chi connectivity index (χ3v) is 4.51. The second-order valence-corrected chi connectivity index (χ2v) is 6.97. The number of hydrogen-bond acceptors (Lipinski definition) is 3. The number of ketones is 1. The van der Waals surface area contributed by atoms with Gasteiger partial charge in [-0.05, 0) is 55.5 Å². The van der Waals surface area contributed by atoms with E-state index in [9.17, 15) is 13.2 Å². The van der Waals surface area contributed by atoms with Crippen molar-refractivity contribution in [2.75, 3.05) is 6.26 Å². The number of sulfone groups is 1. The molecule has 0 unspecified atom stereocenters. The molecule has 0 heterocycles. The fourth-order valence-electron chi connectivity index (χ4n) is 2.26. The summed E-state index contributed by atoms with van der Waals surface area (Å²) in [5.41, 5.74) is 1.44. The first-order chi connectivity index (χ1) is 8.98. The summed E-state index contributed by atoms with van der Waals surface area (Å²) in [7, 11) is -3.20. The second-order valence-electron chi connectivity index (χ2n) is 4.95. The summed E-state index contributed by atoms with van der Waals surface area (Å²) in [6, 6.07) is 6.20. The Balaban J connectivity index is 2.22. The molecule has 0 saturated carbocycles. The maximum atomic E-state index is 12.3. The van der Waals surface area contributed by atoms with Crippen molar-refractivity contribution >= 4 is 15.6 Å². The van der Waals surface area contributed by atoms with Crippen LogP contribution in [0.25, 0.3) is 0 Å². The molecule has 102 valence electrons.